The number of carboxylic acid groups (broad SMARTS) is 1. The molecule has 0 spiro atoms. The topological polar surface area (TPSA) is 214 Å². The van der Waals surface area contributed by atoms with Crippen LogP contribution in [0.3, 0.4) is 0 Å². The van der Waals surface area contributed by atoms with Crippen LogP contribution >= 0.6 is 12.6 Å². The molecule has 4 amide bonds. The number of aliphatic hydroxyl groups is 1. The predicted molar refractivity (Wildman–Crippen MR) is 96.4 cm³/mol. The second-order valence-electron chi connectivity index (χ2n) is 5.81. The highest BCUT2D eigenvalue weighted by Gasteiger charge is 2.29. The van der Waals surface area contributed by atoms with Crippen LogP contribution in [0.2, 0.25) is 0 Å². The molecule has 0 aliphatic heterocycles. The van der Waals surface area contributed by atoms with E-state index in [1.807, 2.05) is 0 Å². The average molecular weight is 407 g/mol. The third kappa shape index (κ3) is 8.70. The van der Waals surface area contributed by atoms with Gasteiger partial charge in [0.25, 0.3) is 0 Å². The van der Waals surface area contributed by atoms with Crippen LogP contribution in [0.25, 0.3) is 0 Å². The molecular weight excluding hydrogens is 382 g/mol. The normalized spacial score (nSPS) is 16.2. The summed E-state index contributed by atoms with van der Waals surface area (Å²) in [5.41, 5.74) is 10.5. The van der Waals surface area contributed by atoms with Gasteiger partial charge in [-0.05, 0) is 13.8 Å². The minimum absolute atomic E-state index is 0.220. The molecule has 5 atom stereocenters. The van der Waals surface area contributed by atoms with Gasteiger partial charge in [-0.1, -0.05) is 0 Å². The summed E-state index contributed by atoms with van der Waals surface area (Å²) >= 11 is 3.79. The average Bonchev–Trinajstić information content (AvgIpc) is 2.56. The van der Waals surface area contributed by atoms with E-state index in [4.69, 9.17) is 16.6 Å². The fourth-order valence-corrected chi connectivity index (χ4v) is 2.01. The molecule has 9 N–H and O–H groups in total. The number of primary amides is 1. The minimum atomic E-state index is -1.46. The molecule has 0 aromatic heterocycles. The van der Waals surface area contributed by atoms with Crippen LogP contribution in [-0.2, 0) is 24.0 Å². The van der Waals surface area contributed by atoms with Crippen LogP contribution in [0.15, 0.2) is 0 Å². The van der Waals surface area contributed by atoms with Gasteiger partial charge in [-0.3, -0.25) is 19.2 Å². The summed E-state index contributed by atoms with van der Waals surface area (Å²) in [6.45, 7) is 2.58. The first kappa shape index (κ1) is 24.6. The van der Waals surface area contributed by atoms with Gasteiger partial charge in [0, 0.05) is 5.75 Å². The van der Waals surface area contributed by atoms with Crippen molar-refractivity contribution in [3.8, 4) is 0 Å². The van der Waals surface area contributed by atoms with E-state index in [0.717, 1.165) is 0 Å². The van der Waals surface area contributed by atoms with Gasteiger partial charge in [0.05, 0.1) is 12.5 Å². The van der Waals surface area contributed by atoms with Crippen molar-refractivity contribution < 1.29 is 34.2 Å². The van der Waals surface area contributed by atoms with Crippen molar-refractivity contribution in [1.82, 2.24) is 16.0 Å². The monoisotopic (exact) mass is 407 g/mol. The van der Waals surface area contributed by atoms with Crippen molar-refractivity contribution in [1.29, 1.82) is 0 Å². The number of carboxylic acids is 1. The molecule has 12 nitrogen and oxygen atoms in total. The fourth-order valence-electron chi connectivity index (χ4n) is 1.76. The Balaban J connectivity index is 5.04. The van der Waals surface area contributed by atoms with E-state index in [1.165, 1.54) is 13.8 Å². The van der Waals surface area contributed by atoms with Crippen LogP contribution in [0.4, 0.5) is 0 Å². The van der Waals surface area contributed by atoms with Crippen molar-refractivity contribution in [2.75, 3.05) is 5.75 Å². The zero-order valence-corrected chi connectivity index (χ0v) is 15.7. The third-order valence-corrected chi connectivity index (χ3v) is 3.78. The Morgan fingerprint density at radius 1 is 0.963 bits per heavy atom. The Morgan fingerprint density at radius 2 is 1.48 bits per heavy atom. The van der Waals surface area contributed by atoms with Gasteiger partial charge in [0.2, 0.25) is 23.6 Å². The van der Waals surface area contributed by atoms with Gasteiger partial charge in [-0.25, -0.2) is 4.79 Å². The highest BCUT2D eigenvalue weighted by molar-refractivity contribution is 7.80. The first-order valence-corrected chi connectivity index (χ1v) is 8.50. The Kier molecular flexibility index (Phi) is 10.4. The first-order chi connectivity index (χ1) is 12.4. The van der Waals surface area contributed by atoms with E-state index in [-0.39, 0.29) is 5.75 Å². The fraction of sp³-hybridized carbons (Fsp3) is 0.643. The van der Waals surface area contributed by atoms with E-state index in [1.54, 1.807) is 0 Å². The molecule has 0 aromatic carbocycles. The van der Waals surface area contributed by atoms with Crippen LogP contribution in [0, 0.1) is 0 Å². The van der Waals surface area contributed by atoms with Crippen molar-refractivity contribution in [3.05, 3.63) is 0 Å². The lowest BCUT2D eigenvalue weighted by molar-refractivity contribution is -0.141. The molecular formula is C14H25N5O7S. The molecule has 0 aliphatic carbocycles. The van der Waals surface area contributed by atoms with Crippen LogP contribution in [0.5, 0.6) is 0 Å². The maximum atomic E-state index is 12.2. The van der Waals surface area contributed by atoms with Gasteiger partial charge in [-0.15, -0.1) is 0 Å². The second kappa shape index (κ2) is 11.4. The first-order valence-electron chi connectivity index (χ1n) is 7.87. The summed E-state index contributed by atoms with van der Waals surface area (Å²) in [7, 11) is 0. The number of rotatable bonds is 11. The molecule has 0 fully saturated rings. The zero-order chi connectivity index (χ0) is 21.3. The maximum Gasteiger partial charge on any atom is 0.327 e. The number of carbonyl (C=O) groups excluding carboxylic acids is 4. The lowest BCUT2D eigenvalue weighted by Gasteiger charge is -2.23. The number of amides is 4. The summed E-state index contributed by atoms with van der Waals surface area (Å²) in [6.07, 6.45) is -1.74. The Hall–Kier alpha value is -2.38. The van der Waals surface area contributed by atoms with Gasteiger partial charge in [0.15, 0.2) is 0 Å². The van der Waals surface area contributed by atoms with Gasteiger partial charge >= 0.3 is 5.97 Å². The van der Waals surface area contributed by atoms with E-state index < -0.39 is 66.3 Å². The van der Waals surface area contributed by atoms with Crippen molar-refractivity contribution in [2.24, 2.45) is 11.5 Å². The molecule has 13 heteroatoms. The van der Waals surface area contributed by atoms with Gasteiger partial charge in [-0.2, -0.15) is 12.6 Å². The summed E-state index contributed by atoms with van der Waals surface area (Å²) in [5, 5.41) is 24.7. The second-order valence-corrected chi connectivity index (χ2v) is 6.18. The number of aliphatic carboxylic acids is 1. The van der Waals surface area contributed by atoms with Crippen LogP contribution in [0.1, 0.15) is 20.3 Å². The van der Waals surface area contributed by atoms with Gasteiger partial charge < -0.3 is 37.6 Å². The smallest absolute Gasteiger partial charge is 0.327 e. The number of carbonyl (C=O) groups is 5. The maximum absolute atomic E-state index is 12.2. The lowest BCUT2D eigenvalue weighted by Crippen LogP contribution is -2.58. The van der Waals surface area contributed by atoms with Crippen molar-refractivity contribution >= 4 is 42.2 Å². The van der Waals surface area contributed by atoms with Crippen molar-refractivity contribution in [3.63, 3.8) is 0 Å². The summed E-state index contributed by atoms with van der Waals surface area (Å²) < 4.78 is 0. The summed E-state index contributed by atoms with van der Waals surface area (Å²) in [4.78, 5) is 58.2. The van der Waals surface area contributed by atoms with Crippen LogP contribution in [-0.4, -0.2) is 75.8 Å². The number of aliphatic hydroxyl groups excluding tert-OH is 1. The number of thiol groups is 1. The molecule has 0 aromatic rings. The molecule has 154 valence electrons. The molecule has 0 rings (SSSR count). The standard InChI is InChI=1S/C14H25N5O7S/c1-5(17-13(24)10(16)6(2)20)11(22)18-7(3-9(15)21)12(23)19-8(4-27)14(25)26/h5-8,10,20,27H,3-4,16H2,1-2H3,(H2,15,21)(H,17,24)(H,18,22)(H,19,23)(H,25,26). The molecule has 0 saturated carbocycles. The van der Waals surface area contributed by atoms with Crippen LogP contribution < -0.4 is 27.4 Å². The zero-order valence-electron chi connectivity index (χ0n) is 14.8. The number of nitrogens with two attached hydrogens (primary N) is 2. The van der Waals surface area contributed by atoms with E-state index >= 15 is 0 Å². The lowest BCUT2D eigenvalue weighted by atomic mass is 10.1. The van der Waals surface area contributed by atoms with E-state index in [2.05, 4.69) is 28.6 Å². The third-order valence-electron chi connectivity index (χ3n) is 3.41. The molecule has 0 saturated heterocycles. The Morgan fingerprint density at radius 3 is 1.89 bits per heavy atom. The highest BCUT2D eigenvalue weighted by Crippen LogP contribution is 1.98. The van der Waals surface area contributed by atoms with E-state index in [9.17, 15) is 29.1 Å². The predicted octanol–water partition coefficient (Wildman–Crippen LogP) is -3.94. The largest absolute Gasteiger partial charge is 0.480 e. The van der Waals surface area contributed by atoms with Crippen molar-refractivity contribution in [2.45, 2.75) is 50.5 Å². The quantitative estimate of drug-likeness (QED) is 0.158. The minimum Gasteiger partial charge on any atom is -0.480 e. The number of nitrogens with one attached hydrogen (secondary N) is 3. The molecule has 0 aliphatic rings. The number of hydrogen-bond acceptors (Lipinski definition) is 8. The molecule has 5 unspecified atom stereocenters. The molecule has 0 bridgehead atoms. The Labute approximate surface area is 160 Å². The van der Waals surface area contributed by atoms with Gasteiger partial charge in [0.1, 0.15) is 24.2 Å². The SMILES string of the molecule is CC(NC(=O)C(N)C(C)O)C(=O)NC(CC(N)=O)C(=O)NC(CS)C(=O)O. The molecule has 0 radical (unpaired) electrons. The molecule has 27 heavy (non-hydrogen) atoms. The molecule has 0 heterocycles. The summed E-state index contributed by atoms with van der Waals surface area (Å²) in [5.74, 6) is -5.09. The highest BCUT2D eigenvalue weighted by atomic mass is 32.1. The Bertz CT molecular complexity index is 586. The summed E-state index contributed by atoms with van der Waals surface area (Å²) in [6, 6.07) is -5.22. The number of hydrogen-bond donors (Lipinski definition) is 8. The van der Waals surface area contributed by atoms with E-state index in [0.29, 0.717) is 0 Å².